The maximum Gasteiger partial charge on any atom is 0.152 e. The predicted molar refractivity (Wildman–Crippen MR) is 79.5 cm³/mol. The van der Waals surface area contributed by atoms with Crippen LogP contribution in [0.5, 0.6) is 5.75 Å². The third-order valence-corrected chi connectivity index (χ3v) is 3.50. The van der Waals surface area contributed by atoms with E-state index in [0.29, 0.717) is 17.1 Å². The second kappa shape index (κ2) is 5.02. The van der Waals surface area contributed by atoms with Crippen LogP contribution in [0.4, 0.5) is 0 Å². The van der Waals surface area contributed by atoms with E-state index in [2.05, 4.69) is 0 Å². The Morgan fingerprint density at radius 2 is 2.05 bits per heavy atom. The van der Waals surface area contributed by atoms with Crippen molar-refractivity contribution >= 4 is 28.8 Å². The van der Waals surface area contributed by atoms with Crippen molar-refractivity contribution in [3.8, 4) is 5.75 Å². The lowest BCUT2D eigenvalue weighted by Gasteiger charge is -2.06. The fourth-order valence-corrected chi connectivity index (χ4v) is 2.54. The fourth-order valence-electron chi connectivity index (χ4n) is 2.37. The zero-order chi connectivity index (χ0) is 14.1. The molecule has 20 heavy (non-hydrogen) atoms. The van der Waals surface area contributed by atoms with Gasteiger partial charge in [-0.3, -0.25) is 4.79 Å². The molecule has 0 aliphatic heterocycles. The van der Waals surface area contributed by atoms with Crippen LogP contribution in [-0.2, 0) is 6.54 Å². The Morgan fingerprint density at radius 1 is 1.20 bits per heavy atom. The number of aromatic hydroxyl groups is 1. The summed E-state index contributed by atoms with van der Waals surface area (Å²) in [5.41, 5.74) is 2.50. The average Bonchev–Trinajstić information content (AvgIpc) is 2.76. The highest BCUT2D eigenvalue weighted by molar-refractivity contribution is 6.31. The summed E-state index contributed by atoms with van der Waals surface area (Å²) in [5, 5.41) is 11.0. The fraction of sp³-hybridized carbons (Fsp3) is 0.0625. The van der Waals surface area contributed by atoms with E-state index in [1.807, 2.05) is 22.8 Å². The summed E-state index contributed by atoms with van der Waals surface area (Å²) in [4.78, 5) is 11.1. The number of phenolic OH excluding ortho intramolecular Hbond substituents is 1. The van der Waals surface area contributed by atoms with Crippen molar-refractivity contribution in [2.45, 2.75) is 6.54 Å². The molecule has 0 aliphatic rings. The topological polar surface area (TPSA) is 42.2 Å². The molecule has 2 aromatic carbocycles. The number of hydrogen-bond donors (Lipinski definition) is 1. The molecule has 0 aliphatic carbocycles. The summed E-state index contributed by atoms with van der Waals surface area (Å²) in [7, 11) is 0. The molecular weight excluding hydrogens is 274 g/mol. The molecule has 100 valence electrons. The Labute approximate surface area is 121 Å². The Kier molecular flexibility index (Phi) is 3.20. The van der Waals surface area contributed by atoms with Gasteiger partial charge in [-0.25, -0.2) is 0 Å². The minimum Gasteiger partial charge on any atom is -0.508 e. The molecule has 0 unspecified atom stereocenters. The number of hydrogen-bond acceptors (Lipinski definition) is 2. The highest BCUT2D eigenvalue weighted by atomic mass is 35.5. The molecule has 0 saturated heterocycles. The van der Waals surface area contributed by atoms with Crippen LogP contribution < -0.4 is 0 Å². The second-order valence-corrected chi connectivity index (χ2v) is 5.10. The van der Waals surface area contributed by atoms with E-state index in [0.717, 1.165) is 22.8 Å². The molecule has 1 heterocycles. The van der Waals surface area contributed by atoms with Crippen LogP contribution in [0.15, 0.2) is 48.7 Å². The number of phenols is 1. The number of nitrogens with zero attached hydrogens (tertiary/aromatic N) is 1. The van der Waals surface area contributed by atoms with E-state index in [4.69, 9.17) is 11.6 Å². The van der Waals surface area contributed by atoms with Gasteiger partial charge in [0.05, 0.1) is 5.52 Å². The van der Waals surface area contributed by atoms with Gasteiger partial charge >= 0.3 is 0 Å². The number of carbonyl (C=O) groups excluding carboxylic acids is 1. The molecule has 0 amide bonds. The zero-order valence-electron chi connectivity index (χ0n) is 10.6. The number of benzene rings is 2. The van der Waals surface area contributed by atoms with Crippen molar-refractivity contribution in [2.75, 3.05) is 0 Å². The van der Waals surface area contributed by atoms with Gasteiger partial charge in [-0.2, -0.15) is 0 Å². The molecule has 0 spiro atoms. The lowest BCUT2D eigenvalue weighted by atomic mass is 10.2. The molecular formula is C16H12ClNO2. The third-order valence-electron chi connectivity index (χ3n) is 3.27. The number of fused-ring (bicyclic) bond motifs is 1. The summed E-state index contributed by atoms with van der Waals surface area (Å²) in [6.07, 6.45) is 2.65. The van der Waals surface area contributed by atoms with Crippen molar-refractivity contribution in [3.05, 3.63) is 64.8 Å². The van der Waals surface area contributed by atoms with Crippen LogP contribution in [0, 0.1) is 0 Å². The summed E-state index contributed by atoms with van der Waals surface area (Å²) >= 11 is 6.03. The van der Waals surface area contributed by atoms with Crippen molar-refractivity contribution < 1.29 is 9.90 Å². The molecule has 1 aromatic heterocycles. The lowest BCUT2D eigenvalue weighted by Crippen LogP contribution is -1.97. The first-order valence-corrected chi connectivity index (χ1v) is 6.56. The number of carbonyl (C=O) groups is 1. The first-order valence-electron chi connectivity index (χ1n) is 6.19. The molecule has 3 rings (SSSR count). The Hall–Kier alpha value is -2.26. The van der Waals surface area contributed by atoms with Crippen LogP contribution in [0.2, 0.25) is 5.02 Å². The molecule has 0 bridgehead atoms. The van der Waals surface area contributed by atoms with Gasteiger partial charge in [-0.15, -0.1) is 0 Å². The van der Waals surface area contributed by atoms with Gasteiger partial charge in [0.1, 0.15) is 5.75 Å². The van der Waals surface area contributed by atoms with E-state index in [9.17, 15) is 9.90 Å². The molecule has 0 saturated carbocycles. The van der Waals surface area contributed by atoms with Crippen molar-refractivity contribution in [2.24, 2.45) is 0 Å². The highest BCUT2D eigenvalue weighted by Crippen LogP contribution is 2.25. The monoisotopic (exact) mass is 285 g/mol. The maximum atomic E-state index is 11.1. The van der Waals surface area contributed by atoms with E-state index >= 15 is 0 Å². The lowest BCUT2D eigenvalue weighted by molar-refractivity contribution is 0.112. The third kappa shape index (κ3) is 2.28. The van der Waals surface area contributed by atoms with Gasteiger partial charge in [0.15, 0.2) is 6.29 Å². The normalized spacial score (nSPS) is 10.8. The van der Waals surface area contributed by atoms with Crippen LogP contribution in [0.3, 0.4) is 0 Å². The molecule has 1 N–H and O–H groups in total. The average molecular weight is 286 g/mol. The van der Waals surface area contributed by atoms with Gasteiger partial charge in [0, 0.05) is 28.7 Å². The predicted octanol–water partition coefficient (Wildman–Crippen LogP) is 3.86. The summed E-state index contributed by atoms with van der Waals surface area (Å²) < 4.78 is 1.96. The minimum absolute atomic E-state index is 0.229. The van der Waals surface area contributed by atoms with E-state index < -0.39 is 0 Å². The molecule has 0 fully saturated rings. The smallest absolute Gasteiger partial charge is 0.152 e. The molecule has 0 atom stereocenters. The van der Waals surface area contributed by atoms with Gasteiger partial charge < -0.3 is 9.67 Å². The van der Waals surface area contributed by atoms with E-state index in [1.165, 1.54) is 0 Å². The summed E-state index contributed by atoms with van der Waals surface area (Å²) in [5.74, 6) is 0.229. The second-order valence-electron chi connectivity index (χ2n) is 4.66. The number of aldehydes is 1. The van der Waals surface area contributed by atoms with Gasteiger partial charge in [0.2, 0.25) is 0 Å². The first kappa shape index (κ1) is 12.8. The first-order chi connectivity index (χ1) is 9.67. The Balaban J connectivity index is 2.11. The van der Waals surface area contributed by atoms with Crippen molar-refractivity contribution in [1.29, 1.82) is 0 Å². The standard InChI is InChI=1S/C16H12ClNO2/c17-13-4-5-15-12(10-19)9-18(16(15)7-13)8-11-2-1-3-14(20)6-11/h1-7,9-10,20H,8H2. The molecule has 3 nitrogen and oxygen atoms in total. The van der Waals surface area contributed by atoms with Crippen LogP contribution >= 0.6 is 11.6 Å². The summed E-state index contributed by atoms with van der Waals surface area (Å²) in [6.45, 7) is 0.569. The molecule has 4 heteroatoms. The van der Waals surface area contributed by atoms with Crippen molar-refractivity contribution in [1.82, 2.24) is 4.57 Å². The number of halogens is 1. The van der Waals surface area contributed by atoms with Gasteiger partial charge in [-0.05, 0) is 29.8 Å². The van der Waals surface area contributed by atoms with E-state index in [-0.39, 0.29) is 5.75 Å². The zero-order valence-corrected chi connectivity index (χ0v) is 11.3. The highest BCUT2D eigenvalue weighted by Gasteiger charge is 2.09. The van der Waals surface area contributed by atoms with Crippen LogP contribution in [0.1, 0.15) is 15.9 Å². The SMILES string of the molecule is O=Cc1cn(Cc2cccc(O)c2)c2cc(Cl)ccc12. The van der Waals surface area contributed by atoms with Crippen LogP contribution in [0.25, 0.3) is 10.9 Å². The van der Waals surface area contributed by atoms with Crippen molar-refractivity contribution in [3.63, 3.8) is 0 Å². The summed E-state index contributed by atoms with van der Waals surface area (Å²) in [6, 6.07) is 12.5. The van der Waals surface area contributed by atoms with Gasteiger partial charge in [-0.1, -0.05) is 29.8 Å². The molecule has 0 radical (unpaired) electrons. The Bertz CT molecular complexity index is 792. The number of rotatable bonds is 3. The van der Waals surface area contributed by atoms with Crippen LogP contribution in [-0.4, -0.2) is 16.0 Å². The molecule has 3 aromatic rings. The van der Waals surface area contributed by atoms with Gasteiger partial charge in [0.25, 0.3) is 0 Å². The number of aromatic nitrogens is 1. The minimum atomic E-state index is 0.229. The largest absolute Gasteiger partial charge is 0.508 e. The quantitative estimate of drug-likeness (QED) is 0.743. The van der Waals surface area contributed by atoms with E-state index in [1.54, 1.807) is 30.5 Å². The Morgan fingerprint density at radius 3 is 2.80 bits per heavy atom. The maximum absolute atomic E-state index is 11.1.